The maximum absolute atomic E-state index is 13.3. The van der Waals surface area contributed by atoms with E-state index in [1.165, 1.54) is 0 Å². The third-order valence-electron chi connectivity index (χ3n) is 5.78. The van der Waals surface area contributed by atoms with Gasteiger partial charge in [-0.1, -0.05) is 27.7 Å². The highest BCUT2D eigenvalue weighted by molar-refractivity contribution is 5.94. The molecule has 0 saturated heterocycles. The molecule has 164 valence electrons. The molecule has 0 radical (unpaired) electrons. The fraction of sp³-hybridized carbons (Fsp3) is 0.625. The van der Waals surface area contributed by atoms with Gasteiger partial charge in [0.2, 0.25) is 0 Å². The maximum atomic E-state index is 13.3. The molecule has 2 heterocycles. The van der Waals surface area contributed by atoms with E-state index in [1.807, 2.05) is 27.6 Å². The third kappa shape index (κ3) is 5.61. The molecule has 6 heteroatoms. The van der Waals surface area contributed by atoms with Crippen LogP contribution in [0.4, 0.5) is 0 Å². The number of imidazole rings is 1. The number of pyridine rings is 1. The molecule has 30 heavy (non-hydrogen) atoms. The van der Waals surface area contributed by atoms with Crippen molar-refractivity contribution in [2.75, 3.05) is 13.1 Å². The van der Waals surface area contributed by atoms with E-state index in [-0.39, 0.29) is 12.3 Å². The van der Waals surface area contributed by atoms with E-state index in [9.17, 15) is 9.59 Å². The summed E-state index contributed by atoms with van der Waals surface area (Å²) in [7, 11) is 0. The molecule has 0 bridgehead atoms. The van der Waals surface area contributed by atoms with Gasteiger partial charge in [-0.15, -0.1) is 0 Å². The van der Waals surface area contributed by atoms with Crippen LogP contribution < -0.4 is 0 Å². The van der Waals surface area contributed by atoms with E-state index >= 15 is 0 Å². The van der Waals surface area contributed by atoms with Crippen LogP contribution in [0.5, 0.6) is 0 Å². The minimum Gasteiger partial charge on any atom is -0.481 e. The third-order valence-corrected chi connectivity index (χ3v) is 5.78. The van der Waals surface area contributed by atoms with E-state index in [0.29, 0.717) is 29.7 Å². The molecule has 0 atom stereocenters. The summed E-state index contributed by atoms with van der Waals surface area (Å²) in [6.45, 7) is 10.2. The smallest absolute Gasteiger partial charge is 0.303 e. The molecule has 2 aromatic heterocycles. The number of rotatable bonds is 11. The van der Waals surface area contributed by atoms with E-state index in [4.69, 9.17) is 10.1 Å². The summed E-state index contributed by atoms with van der Waals surface area (Å²) >= 11 is 0. The molecule has 3 rings (SSSR count). The largest absolute Gasteiger partial charge is 0.481 e. The van der Waals surface area contributed by atoms with Crippen molar-refractivity contribution >= 4 is 17.5 Å². The van der Waals surface area contributed by atoms with Crippen molar-refractivity contribution in [2.24, 2.45) is 11.8 Å². The Hall–Kier alpha value is -2.37. The molecule has 1 fully saturated rings. The average Bonchev–Trinajstić information content (AvgIpc) is 3.46. The van der Waals surface area contributed by atoms with Gasteiger partial charge >= 0.3 is 5.97 Å². The number of carboxylic acids is 1. The predicted molar refractivity (Wildman–Crippen MR) is 118 cm³/mol. The molecule has 1 aliphatic carbocycles. The normalized spacial score (nSPS) is 14.1. The van der Waals surface area contributed by atoms with Crippen LogP contribution in [0, 0.1) is 11.8 Å². The first-order valence-corrected chi connectivity index (χ1v) is 11.3. The summed E-state index contributed by atoms with van der Waals surface area (Å²) in [5.74, 6) is 0.747. The monoisotopic (exact) mass is 413 g/mol. The quantitative estimate of drug-likeness (QED) is 0.576. The molecular weight excluding hydrogens is 378 g/mol. The minimum absolute atomic E-state index is 0.0454. The average molecular weight is 414 g/mol. The lowest BCUT2D eigenvalue weighted by atomic mass is 10.1. The lowest BCUT2D eigenvalue weighted by Gasteiger charge is -2.24. The van der Waals surface area contributed by atoms with Crippen molar-refractivity contribution in [3.63, 3.8) is 0 Å². The van der Waals surface area contributed by atoms with Gasteiger partial charge in [-0.3, -0.25) is 9.59 Å². The molecule has 2 aromatic rings. The summed E-state index contributed by atoms with van der Waals surface area (Å²) in [5.41, 5.74) is 3.40. The fourth-order valence-corrected chi connectivity index (χ4v) is 3.72. The van der Waals surface area contributed by atoms with Crippen molar-refractivity contribution in [2.45, 2.75) is 72.1 Å². The Bertz CT molecular complexity index is 884. The van der Waals surface area contributed by atoms with Crippen LogP contribution in [0.25, 0.3) is 5.65 Å². The standard InChI is InChI=1S/C24H35N3O3/c1-16(2)11-13-26(14-12-17(3)4)24(30)19-7-9-21-25-23(18-5-6-18)20(27(21)15-19)8-10-22(28)29/h7,9,15-18H,5-6,8,10-14H2,1-4H3,(H,28,29). The van der Waals surface area contributed by atoms with Gasteiger partial charge in [0.25, 0.3) is 5.91 Å². The van der Waals surface area contributed by atoms with Crippen LogP contribution in [-0.4, -0.2) is 44.4 Å². The molecule has 0 unspecified atom stereocenters. The van der Waals surface area contributed by atoms with Gasteiger partial charge in [-0.25, -0.2) is 4.98 Å². The Labute approximate surface area is 179 Å². The highest BCUT2D eigenvalue weighted by Gasteiger charge is 2.30. The maximum Gasteiger partial charge on any atom is 0.303 e. The number of aromatic nitrogens is 2. The second-order valence-electron chi connectivity index (χ2n) is 9.41. The van der Waals surface area contributed by atoms with E-state index in [0.717, 1.165) is 55.8 Å². The number of hydrogen-bond acceptors (Lipinski definition) is 3. The Kier molecular flexibility index (Phi) is 7.16. The number of hydrogen-bond donors (Lipinski definition) is 1. The van der Waals surface area contributed by atoms with Gasteiger partial charge in [0.05, 0.1) is 17.7 Å². The van der Waals surface area contributed by atoms with Gasteiger partial charge in [0.1, 0.15) is 5.65 Å². The molecule has 0 aromatic carbocycles. The van der Waals surface area contributed by atoms with E-state index in [1.54, 1.807) is 0 Å². The fourth-order valence-electron chi connectivity index (χ4n) is 3.72. The summed E-state index contributed by atoms with van der Waals surface area (Å²) in [5, 5.41) is 9.16. The molecule has 1 N–H and O–H groups in total. The Morgan fingerprint density at radius 1 is 1.13 bits per heavy atom. The molecule has 6 nitrogen and oxygen atoms in total. The summed E-state index contributed by atoms with van der Waals surface area (Å²) in [6.07, 6.45) is 6.54. The number of carboxylic acid groups (broad SMARTS) is 1. The first kappa shape index (κ1) is 22.3. The van der Waals surface area contributed by atoms with Gasteiger partial charge < -0.3 is 14.4 Å². The van der Waals surface area contributed by atoms with Gasteiger partial charge in [0.15, 0.2) is 0 Å². The van der Waals surface area contributed by atoms with Crippen LogP contribution in [0.3, 0.4) is 0 Å². The Balaban J connectivity index is 1.89. The van der Waals surface area contributed by atoms with Crippen molar-refractivity contribution in [1.29, 1.82) is 0 Å². The SMILES string of the molecule is CC(C)CCN(CCC(C)C)C(=O)c1ccc2nc(C3CC3)c(CCC(=O)O)n2c1. The molecule has 1 amide bonds. The lowest BCUT2D eigenvalue weighted by Crippen LogP contribution is -2.34. The number of carbonyl (C=O) groups excluding carboxylic acids is 1. The number of fused-ring (bicyclic) bond motifs is 1. The van der Waals surface area contributed by atoms with Crippen LogP contribution >= 0.6 is 0 Å². The minimum atomic E-state index is -0.813. The number of aliphatic carboxylic acids is 1. The van der Waals surface area contributed by atoms with Crippen LogP contribution in [0.2, 0.25) is 0 Å². The van der Waals surface area contributed by atoms with E-state index in [2.05, 4.69) is 27.7 Å². The van der Waals surface area contributed by atoms with Crippen LogP contribution in [0.1, 0.15) is 87.5 Å². The van der Waals surface area contributed by atoms with Gasteiger partial charge in [-0.05, 0) is 49.7 Å². The molecule has 1 aliphatic rings. The summed E-state index contributed by atoms with van der Waals surface area (Å²) in [4.78, 5) is 31.2. The van der Waals surface area contributed by atoms with Crippen LogP contribution in [0.15, 0.2) is 18.3 Å². The lowest BCUT2D eigenvalue weighted by molar-refractivity contribution is -0.136. The number of nitrogens with zero attached hydrogens (tertiary/aromatic N) is 3. The Morgan fingerprint density at radius 3 is 2.30 bits per heavy atom. The van der Waals surface area contributed by atoms with Crippen molar-refractivity contribution in [3.8, 4) is 0 Å². The predicted octanol–water partition coefficient (Wildman–Crippen LogP) is 4.76. The topological polar surface area (TPSA) is 74.9 Å². The number of carbonyl (C=O) groups is 2. The molecule has 1 saturated carbocycles. The Morgan fingerprint density at radius 2 is 1.77 bits per heavy atom. The molecule has 0 aliphatic heterocycles. The second kappa shape index (κ2) is 9.63. The highest BCUT2D eigenvalue weighted by atomic mass is 16.4. The van der Waals surface area contributed by atoms with E-state index < -0.39 is 5.97 Å². The van der Waals surface area contributed by atoms with Crippen molar-refractivity contribution in [1.82, 2.24) is 14.3 Å². The second-order valence-corrected chi connectivity index (χ2v) is 9.41. The van der Waals surface area contributed by atoms with Crippen molar-refractivity contribution in [3.05, 3.63) is 35.3 Å². The first-order chi connectivity index (χ1) is 14.3. The molecule has 0 spiro atoms. The van der Waals surface area contributed by atoms with Gasteiger partial charge in [-0.2, -0.15) is 0 Å². The zero-order valence-electron chi connectivity index (χ0n) is 18.7. The van der Waals surface area contributed by atoms with Crippen molar-refractivity contribution < 1.29 is 14.7 Å². The highest BCUT2D eigenvalue weighted by Crippen LogP contribution is 2.41. The number of aryl methyl sites for hydroxylation is 1. The summed E-state index contributed by atoms with van der Waals surface area (Å²) < 4.78 is 1.95. The summed E-state index contributed by atoms with van der Waals surface area (Å²) in [6, 6.07) is 3.76. The zero-order chi connectivity index (χ0) is 21.8. The molecular formula is C24H35N3O3. The van der Waals surface area contributed by atoms with Crippen LogP contribution in [-0.2, 0) is 11.2 Å². The van der Waals surface area contributed by atoms with Gasteiger partial charge in [0, 0.05) is 37.3 Å². The number of amides is 1. The zero-order valence-corrected chi connectivity index (χ0v) is 18.7. The first-order valence-electron chi connectivity index (χ1n) is 11.3.